The monoisotopic (exact) mass is 398 g/mol. The minimum absolute atomic E-state index is 0.402. The first-order valence-corrected chi connectivity index (χ1v) is 9.06. The zero-order valence-corrected chi connectivity index (χ0v) is 15.3. The van der Waals surface area contributed by atoms with Crippen LogP contribution in [0.5, 0.6) is 0 Å². The van der Waals surface area contributed by atoms with Crippen molar-refractivity contribution in [1.82, 2.24) is 19.5 Å². The molecule has 1 fully saturated rings. The molecule has 0 bridgehead atoms. The number of aliphatic hydroxyl groups is 3. The van der Waals surface area contributed by atoms with E-state index in [4.69, 9.17) is 19.9 Å². The standard InChI is InChI=1S/C16H26N6O6/c17-1-3-26-5-6-27-4-2-18-14-11-15(20-8-19-14)22(9-21-11)16-13(25)12(24)10(7-23)28-16/h8-10,12-13,16,23-25H,1-7,17H2,(H,18,19,20)/t10-,12?,13?,16-/m1/s1. The van der Waals surface area contributed by atoms with Crippen molar-refractivity contribution in [2.75, 3.05) is 51.4 Å². The van der Waals surface area contributed by atoms with Crippen LogP contribution in [0.3, 0.4) is 0 Å². The van der Waals surface area contributed by atoms with E-state index in [2.05, 4.69) is 20.3 Å². The maximum absolute atomic E-state index is 10.2. The summed E-state index contributed by atoms with van der Waals surface area (Å²) >= 11 is 0. The van der Waals surface area contributed by atoms with Crippen molar-refractivity contribution in [2.45, 2.75) is 24.5 Å². The van der Waals surface area contributed by atoms with Crippen LogP contribution in [0.25, 0.3) is 11.2 Å². The van der Waals surface area contributed by atoms with E-state index >= 15 is 0 Å². The largest absolute Gasteiger partial charge is 0.394 e. The van der Waals surface area contributed by atoms with Crippen LogP contribution in [-0.2, 0) is 14.2 Å². The predicted molar refractivity (Wildman–Crippen MR) is 97.5 cm³/mol. The molecular weight excluding hydrogens is 372 g/mol. The van der Waals surface area contributed by atoms with Crippen LogP contribution in [0.2, 0.25) is 0 Å². The molecule has 2 aromatic heterocycles. The van der Waals surface area contributed by atoms with Crippen molar-refractivity contribution in [3.05, 3.63) is 12.7 Å². The molecule has 0 aliphatic carbocycles. The molecule has 12 nitrogen and oxygen atoms in total. The minimum atomic E-state index is -1.21. The van der Waals surface area contributed by atoms with Gasteiger partial charge in [-0.05, 0) is 0 Å². The molecule has 6 N–H and O–H groups in total. The highest BCUT2D eigenvalue weighted by molar-refractivity contribution is 5.82. The number of hydrogen-bond acceptors (Lipinski definition) is 11. The number of hydrogen-bond donors (Lipinski definition) is 5. The predicted octanol–water partition coefficient (Wildman–Crippen LogP) is -2.16. The first-order valence-electron chi connectivity index (χ1n) is 9.06. The molecule has 0 aromatic carbocycles. The fourth-order valence-electron chi connectivity index (χ4n) is 2.92. The summed E-state index contributed by atoms with van der Waals surface area (Å²) in [6.45, 7) is 2.51. The Balaban J connectivity index is 1.59. The molecule has 2 aromatic rings. The van der Waals surface area contributed by atoms with Gasteiger partial charge in [0.2, 0.25) is 0 Å². The molecule has 0 radical (unpaired) electrons. The fourth-order valence-corrected chi connectivity index (χ4v) is 2.92. The lowest BCUT2D eigenvalue weighted by atomic mass is 10.1. The Kier molecular flexibility index (Phi) is 7.44. The SMILES string of the molecule is NCCOCCOCCNc1ncnc2c1ncn2[C@@H]1O[C@H](CO)C(O)C1O. The molecule has 28 heavy (non-hydrogen) atoms. The van der Waals surface area contributed by atoms with E-state index in [1.165, 1.54) is 17.2 Å². The van der Waals surface area contributed by atoms with Crippen LogP contribution in [0.15, 0.2) is 12.7 Å². The molecular formula is C16H26N6O6. The van der Waals surface area contributed by atoms with Crippen molar-refractivity contribution >= 4 is 17.0 Å². The molecule has 4 atom stereocenters. The van der Waals surface area contributed by atoms with E-state index in [9.17, 15) is 15.3 Å². The quantitative estimate of drug-likeness (QED) is 0.261. The number of imidazole rings is 1. The highest BCUT2D eigenvalue weighted by Crippen LogP contribution is 2.31. The van der Waals surface area contributed by atoms with Gasteiger partial charge in [-0.1, -0.05) is 0 Å². The molecule has 156 valence electrons. The van der Waals surface area contributed by atoms with Crippen LogP contribution in [0.1, 0.15) is 6.23 Å². The maximum Gasteiger partial charge on any atom is 0.167 e. The number of nitrogens with one attached hydrogen (secondary N) is 1. The average molecular weight is 398 g/mol. The lowest BCUT2D eigenvalue weighted by Gasteiger charge is -2.16. The van der Waals surface area contributed by atoms with Crippen molar-refractivity contribution in [3.63, 3.8) is 0 Å². The lowest BCUT2D eigenvalue weighted by molar-refractivity contribution is -0.0511. The highest BCUT2D eigenvalue weighted by Gasteiger charge is 2.44. The Labute approximate surface area is 161 Å². The Bertz CT molecular complexity index is 745. The smallest absolute Gasteiger partial charge is 0.167 e. The summed E-state index contributed by atoms with van der Waals surface area (Å²) in [6, 6.07) is 0. The third kappa shape index (κ3) is 4.55. The highest BCUT2D eigenvalue weighted by atomic mass is 16.6. The minimum Gasteiger partial charge on any atom is -0.394 e. The molecule has 0 saturated carbocycles. The van der Waals surface area contributed by atoms with Gasteiger partial charge in [-0.25, -0.2) is 15.0 Å². The Morgan fingerprint density at radius 2 is 1.89 bits per heavy atom. The molecule has 0 spiro atoms. The molecule has 3 heterocycles. The van der Waals surface area contributed by atoms with Gasteiger partial charge in [0, 0.05) is 13.1 Å². The van der Waals surface area contributed by atoms with Crippen LogP contribution >= 0.6 is 0 Å². The average Bonchev–Trinajstić information content (AvgIpc) is 3.26. The van der Waals surface area contributed by atoms with Crippen molar-refractivity contribution in [3.8, 4) is 0 Å². The normalized spacial score (nSPS) is 24.9. The van der Waals surface area contributed by atoms with Crippen LogP contribution in [0, 0.1) is 0 Å². The van der Waals surface area contributed by atoms with Crippen molar-refractivity contribution in [2.24, 2.45) is 5.73 Å². The second-order valence-corrected chi connectivity index (χ2v) is 6.22. The van der Waals surface area contributed by atoms with E-state index in [1.807, 2.05) is 0 Å². The van der Waals surface area contributed by atoms with E-state index in [0.29, 0.717) is 56.5 Å². The van der Waals surface area contributed by atoms with Crippen LogP contribution in [0.4, 0.5) is 5.82 Å². The number of aliphatic hydroxyl groups excluding tert-OH is 3. The second kappa shape index (κ2) is 10.0. The Morgan fingerprint density at radius 1 is 1.11 bits per heavy atom. The van der Waals surface area contributed by atoms with Crippen molar-refractivity contribution in [1.29, 1.82) is 0 Å². The van der Waals surface area contributed by atoms with Gasteiger partial charge in [0.15, 0.2) is 23.2 Å². The second-order valence-electron chi connectivity index (χ2n) is 6.22. The summed E-state index contributed by atoms with van der Waals surface area (Å²) in [5, 5.41) is 32.5. The Morgan fingerprint density at radius 3 is 2.61 bits per heavy atom. The molecule has 1 saturated heterocycles. The van der Waals surface area contributed by atoms with Gasteiger partial charge in [-0.3, -0.25) is 4.57 Å². The molecule has 1 aliphatic rings. The third-order valence-electron chi connectivity index (χ3n) is 4.32. The van der Waals surface area contributed by atoms with Gasteiger partial charge >= 0.3 is 0 Å². The summed E-state index contributed by atoms with van der Waals surface area (Å²) in [4.78, 5) is 12.7. The first kappa shape index (κ1) is 20.8. The van der Waals surface area contributed by atoms with Gasteiger partial charge in [0.05, 0.1) is 39.4 Å². The topological polar surface area (TPSA) is 170 Å². The van der Waals surface area contributed by atoms with Gasteiger partial charge in [0.25, 0.3) is 0 Å². The van der Waals surface area contributed by atoms with E-state index in [-0.39, 0.29) is 0 Å². The third-order valence-corrected chi connectivity index (χ3v) is 4.32. The van der Waals surface area contributed by atoms with Gasteiger partial charge in [0.1, 0.15) is 24.6 Å². The first-order chi connectivity index (χ1) is 13.7. The summed E-state index contributed by atoms with van der Waals surface area (Å²) in [5.74, 6) is 0.512. The van der Waals surface area contributed by atoms with Crippen LogP contribution in [-0.4, -0.2) is 99.3 Å². The molecule has 2 unspecified atom stereocenters. The number of fused-ring (bicyclic) bond motifs is 1. The number of ether oxygens (including phenoxy) is 3. The zero-order valence-electron chi connectivity index (χ0n) is 15.3. The van der Waals surface area contributed by atoms with Gasteiger partial charge in [-0.15, -0.1) is 0 Å². The lowest BCUT2D eigenvalue weighted by Crippen LogP contribution is -2.33. The summed E-state index contributed by atoms with van der Waals surface area (Å²) in [7, 11) is 0. The fraction of sp³-hybridized carbons (Fsp3) is 0.688. The Hall–Kier alpha value is -1.93. The van der Waals surface area contributed by atoms with Gasteiger partial charge < -0.3 is 40.6 Å². The van der Waals surface area contributed by atoms with Crippen molar-refractivity contribution < 1.29 is 29.5 Å². The van der Waals surface area contributed by atoms with E-state index in [0.717, 1.165) is 0 Å². The molecule has 1 aliphatic heterocycles. The van der Waals surface area contributed by atoms with Gasteiger partial charge in [-0.2, -0.15) is 0 Å². The molecule has 3 rings (SSSR count). The number of aromatic nitrogens is 4. The number of anilines is 1. The van der Waals surface area contributed by atoms with E-state index < -0.39 is 31.1 Å². The zero-order chi connectivity index (χ0) is 19.9. The van der Waals surface area contributed by atoms with E-state index in [1.54, 1.807) is 0 Å². The number of nitrogens with two attached hydrogens (primary N) is 1. The number of nitrogens with zero attached hydrogens (tertiary/aromatic N) is 4. The van der Waals surface area contributed by atoms with Crippen LogP contribution < -0.4 is 11.1 Å². The molecule has 12 heteroatoms. The summed E-state index contributed by atoms with van der Waals surface area (Å²) in [5.41, 5.74) is 6.26. The summed E-state index contributed by atoms with van der Waals surface area (Å²) < 4.78 is 17.7. The molecule has 0 amide bonds. The summed E-state index contributed by atoms with van der Waals surface area (Å²) in [6.07, 6.45) is -1.37. The number of rotatable bonds is 11. The maximum atomic E-state index is 10.2.